The van der Waals surface area contributed by atoms with Crippen LogP contribution in [0.2, 0.25) is 0 Å². The normalized spacial score (nSPS) is 16.8. The Balaban J connectivity index is 1.55. The highest BCUT2D eigenvalue weighted by Crippen LogP contribution is 2.20. The molecule has 0 spiro atoms. The fourth-order valence-electron chi connectivity index (χ4n) is 3.23. The number of benzene rings is 1. The van der Waals surface area contributed by atoms with Crippen LogP contribution in [0.15, 0.2) is 30.3 Å². The molecule has 1 fully saturated rings. The summed E-state index contributed by atoms with van der Waals surface area (Å²) in [6.07, 6.45) is 3.48. The quantitative estimate of drug-likeness (QED) is 0.841. The van der Waals surface area contributed by atoms with E-state index in [4.69, 9.17) is 0 Å². The molecule has 2 aromatic rings. The Kier molecular flexibility index (Phi) is 5.62. The van der Waals surface area contributed by atoms with E-state index in [1.165, 1.54) is 43.0 Å². The molecule has 0 amide bonds. The number of likely N-dealkylation sites (tertiary alicyclic amines) is 1. The molecule has 0 bridgehead atoms. The third kappa shape index (κ3) is 4.52. The van der Waals surface area contributed by atoms with Gasteiger partial charge in [-0.2, -0.15) is 4.37 Å². The van der Waals surface area contributed by atoms with Gasteiger partial charge in [-0.3, -0.25) is 4.90 Å². The molecule has 0 saturated carbocycles. The second-order valence-corrected chi connectivity index (χ2v) is 7.37. The summed E-state index contributed by atoms with van der Waals surface area (Å²) < 4.78 is 4.49. The summed E-state index contributed by atoms with van der Waals surface area (Å²) in [6, 6.07) is 11.0. The molecule has 1 aromatic heterocycles. The third-order valence-electron chi connectivity index (χ3n) is 4.51. The smallest absolute Gasteiger partial charge is 0.202 e. The molecule has 0 aliphatic carbocycles. The van der Waals surface area contributed by atoms with Gasteiger partial charge in [0.25, 0.3) is 0 Å². The number of nitrogens with zero attached hydrogens (tertiary/aromatic N) is 3. The lowest BCUT2D eigenvalue weighted by Crippen LogP contribution is -2.41. The molecule has 0 radical (unpaired) electrons. The third-order valence-corrected chi connectivity index (χ3v) is 5.23. The number of nitrogens with one attached hydrogen (secondary N) is 1. The Labute approximate surface area is 143 Å². The van der Waals surface area contributed by atoms with Gasteiger partial charge in [-0.05, 0) is 37.4 Å². The fourth-order valence-corrected chi connectivity index (χ4v) is 3.82. The van der Waals surface area contributed by atoms with Crippen molar-refractivity contribution in [2.75, 3.05) is 25.0 Å². The SMILES string of the molecule is CC(C)C(CNc1nc(Cc2ccccc2)ns1)N1CCCC1. The summed E-state index contributed by atoms with van der Waals surface area (Å²) in [5.41, 5.74) is 1.26. The minimum Gasteiger partial charge on any atom is -0.359 e. The van der Waals surface area contributed by atoms with Gasteiger partial charge in [0.15, 0.2) is 0 Å². The van der Waals surface area contributed by atoms with Gasteiger partial charge in [0.05, 0.1) is 0 Å². The average Bonchev–Trinajstić information content (AvgIpc) is 3.21. The molecule has 2 heterocycles. The minimum absolute atomic E-state index is 0.582. The summed E-state index contributed by atoms with van der Waals surface area (Å²) in [7, 11) is 0. The summed E-state index contributed by atoms with van der Waals surface area (Å²) in [5.74, 6) is 1.56. The van der Waals surface area contributed by atoms with Gasteiger partial charge >= 0.3 is 0 Å². The van der Waals surface area contributed by atoms with E-state index in [-0.39, 0.29) is 0 Å². The Morgan fingerprint density at radius 2 is 1.91 bits per heavy atom. The molecule has 1 atom stereocenters. The first-order valence-electron chi connectivity index (χ1n) is 8.57. The van der Waals surface area contributed by atoms with E-state index < -0.39 is 0 Å². The maximum absolute atomic E-state index is 4.64. The van der Waals surface area contributed by atoms with Gasteiger partial charge in [0, 0.05) is 30.5 Å². The highest BCUT2D eigenvalue weighted by Gasteiger charge is 2.24. The molecule has 1 N–H and O–H groups in total. The lowest BCUT2D eigenvalue weighted by Gasteiger charge is -2.30. The lowest BCUT2D eigenvalue weighted by atomic mass is 10.0. The van der Waals surface area contributed by atoms with E-state index in [9.17, 15) is 0 Å². The van der Waals surface area contributed by atoms with E-state index in [1.807, 2.05) is 6.07 Å². The van der Waals surface area contributed by atoms with Crippen LogP contribution in [0, 0.1) is 5.92 Å². The first-order chi connectivity index (χ1) is 11.2. The van der Waals surface area contributed by atoms with Crippen molar-refractivity contribution in [3.63, 3.8) is 0 Å². The van der Waals surface area contributed by atoms with Crippen LogP contribution in [0.3, 0.4) is 0 Å². The maximum Gasteiger partial charge on any atom is 0.202 e. The highest BCUT2D eigenvalue weighted by atomic mass is 32.1. The van der Waals surface area contributed by atoms with E-state index in [0.717, 1.165) is 23.9 Å². The molecule has 3 rings (SSSR count). The standard InChI is InChI=1S/C18H26N4S/c1-14(2)16(22-10-6-7-11-22)13-19-18-20-17(21-23-18)12-15-8-4-3-5-9-15/h3-5,8-9,14,16H,6-7,10-13H2,1-2H3,(H,19,20,21). The Morgan fingerprint density at radius 3 is 2.61 bits per heavy atom. The van der Waals surface area contributed by atoms with Crippen LogP contribution >= 0.6 is 11.5 Å². The molecule has 4 nitrogen and oxygen atoms in total. The van der Waals surface area contributed by atoms with Crippen LogP contribution in [-0.4, -0.2) is 39.9 Å². The summed E-state index contributed by atoms with van der Waals surface area (Å²) in [6.45, 7) is 8.05. The molecule has 1 saturated heterocycles. The number of aromatic nitrogens is 2. The van der Waals surface area contributed by atoms with Crippen molar-refractivity contribution in [2.45, 2.75) is 39.2 Å². The van der Waals surface area contributed by atoms with E-state index in [0.29, 0.717) is 12.0 Å². The van der Waals surface area contributed by atoms with Gasteiger partial charge in [-0.25, -0.2) is 4.98 Å². The molecule has 124 valence electrons. The van der Waals surface area contributed by atoms with Crippen molar-refractivity contribution >= 4 is 16.7 Å². The number of hydrogen-bond acceptors (Lipinski definition) is 5. The van der Waals surface area contributed by atoms with E-state index in [1.54, 1.807) is 0 Å². The zero-order valence-electron chi connectivity index (χ0n) is 14.0. The Morgan fingerprint density at radius 1 is 1.17 bits per heavy atom. The molecule has 1 unspecified atom stereocenters. The van der Waals surface area contributed by atoms with Crippen molar-refractivity contribution in [3.05, 3.63) is 41.7 Å². The van der Waals surface area contributed by atoms with Gasteiger partial charge in [0.2, 0.25) is 5.13 Å². The van der Waals surface area contributed by atoms with Gasteiger partial charge in [0.1, 0.15) is 5.82 Å². The summed E-state index contributed by atoms with van der Waals surface area (Å²) in [5, 5.41) is 4.46. The van der Waals surface area contributed by atoms with Crippen LogP contribution < -0.4 is 5.32 Å². The Hall–Kier alpha value is -1.46. The van der Waals surface area contributed by atoms with Crippen LogP contribution in [-0.2, 0) is 6.42 Å². The molecular weight excluding hydrogens is 304 g/mol. The lowest BCUT2D eigenvalue weighted by molar-refractivity contribution is 0.201. The molecule has 1 aromatic carbocycles. The first-order valence-corrected chi connectivity index (χ1v) is 9.34. The van der Waals surface area contributed by atoms with Gasteiger partial charge in [-0.15, -0.1) is 0 Å². The minimum atomic E-state index is 0.582. The summed E-state index contributed by atoms with van der Waals surface area (Å²) >= 11 is 1.47. The van der Waals surface area contributed by atoms with Crippen LogP contribution in [0.4, 0.5) is 5.13 Å². The van der Waals surface area contributed by atoms with E-state index >= 15 is 0 Å². The molecule has 23 heavy (non-hydrogen) atoms. The predicted molar refractivity (Wildman–Crippen MR) is 97.1 cm³/mol. The van der Waals surface area contributed by atoms with Gasteiger partial charge < -0.3 is 5.32 Å². The summed E-state index contributed by atoms with van der Waals surface area (Å²) in [4.78, 5) is 7.26. The largest absolute Gasteiger partial charge is 0.359 e. The first kappa shape index (κ1) is 16.4. The molecular formula is C18H26N4S. The van der Waals surface area contributed by atoms with Crippen molar-refractivity contribution < 1.29 is 0 Å². The zero-order valence-corrected chi connectivity index (χ0v) is 14.9. The van der Waals surface area contributed by atoms with Crippen molar-refractivity contribution in [3.8, 4) is 0 Å². The van der Waals surface area contributed by atoms with Crippen molar-refractivity contribution in [2.24, 2.45) is 5.92 Å². The Bertz CT molecular complexity index is 590. The topological polar surface area (TPSA) is 41.1 Å². The molecule has 1 aliphatic rings. The van der Waals surface area contributed by atoms with Crippen LogP contribution in [0.1, 0.15) is 38.1 Å². The average molecular weight is 331 g/mol. The second-order valence-electron chi connectivity index (χ2n) is 6.61. The maximum atomic E-state index is 4.64. The highest BCUT2D eigenvalue weighted by molar-refractivity contribution is 7.09. The monoisotopic (exact) mass is 330 g/mol. The van der Waals surface area contributed by atoms with Crippen molar-refractivity contribution in [1.82, 2.24) is 14.3 Å². The number of hydrogen-bond donors (Lipinski definition) is 1. The molecule has 1 aliphatic heterocycles. The fraction of sp³-hybridized carbons (Fsp3) is 0.556. The van der Waals surface area contributed by atoms with Crippen LogP contribution in [0.5, 0.6) is 0 Å². The zero-order chi connectivity index (χ0) is 16.1. The second kappa shape index (κ2) is 7.88. The van der Waals surface area contributed by atoms with Crippen LogP contribution in [0.25, 0.3) is 0 Å². The van der Waals surface area contributed by atoms with Gasteiger partial charge in [-0.1, -0.05) is 44.2 Å². The van der Waals surface area contributed by atoms with E-state index in [2.05, 4.69) is 57.7 Å². The molecule has 5 heteroatoms. The number of anilines is 1. The number of rotatable bonds is 7. The van der Waals surface area contributed by atoms with Crippen molar-refractivity contribution in [1.29, 1.82) is 0 Å². The predicted octanol–water partition coefficient (Wildman–Crippen LogP) is 3.66.